The molecular weight excluding hydrogens is 236 g/mol. The molecule has 0 aromatic heterocycles. The molecule has 0 N–H and O–H groups in total. The first-order chi connectivity index (χ1) is 9.06. The van der Waals surface area contributed by atoms with Gasteiger partial charge in [0.2, 0.25) is 5.91 Å². The summed E-state index contributed by atoms with van der Waals surface area (Å²) >= 11 is 0. The minimum atomic E-state index is 0.356. The number of carbonyl (C=O) groups is 1. The molecule has 0 aromatic rings. The monoisotopic (exact) mass is 268 g/mol. The van der Waals surface area contributed by atoms with Crippen LogP contribution in [0.25, 0.3) is 0 Å². The lowest BCUT2D eigenvalue weighted by Gasteiger charge is -2.33. The van der Waals surface area contributed by atoms with Crippen LogP contribution in [0.1, 0.15) is 53.4 Å². The van der Waals surface area contributed by atoms with Crippen LogP contribution < -0.4 is 0 Å². The summed E-state index contributed by atoms with van der Waals surface area (Å²) in [5, 5.41) is 0. The average Bonchev–Trinajstić information content (AvgIpc) is 2.39. The Morgan fingerprint density at radius 3 is 2.26 bits per heavy atom. The second kappa shape index (κ2) is 8.57. The molecule has 0 aliphatic carbocycles. The molecule has 0 aromatic carbocycles. The molecule has 1 aliphatic rings. The van der Waals surface area contributed by atoms with Gasteiger partial charge in [0.05, 0.1) is 0 Å². The molecule has 1 fully saturated rings. The van der Waals surface area contributed by atoms with Crippen LogP contribution in [0.15, 0.2) is 0 Å². The molecule has 112 valence electrons. The summed E-state index contributed by atoms with van der Waals surface area (Å²) in [5.74, 6) is 1.98. The van der Waals surface area contributed by atoms with Gasteiger partial charge in [-0.2, -0.15) is 0 Å². The molecule has 1 heterocycles. The van der Waals surface area contributed by atoms with Crippen molar-refractivity contribution in [2.24, 2.45) is 11.8 Å². The molecule has 0 spiro atoms. The zero-order chi connectivity index (χ0) is 14.3. The molecule has 1 rings (SSSR count). The van der Waals surface area contributed by atoms with Gasteiger partial charge in [-0.1, -0.05) is 27.7 Å². The Kier molecular flexibility index (Phi) is 7.44. The molecular formula is C16H32N2O. The highest BCUT2D eigenvalue weighted by atomic mass is 16.2. The fraction of sp³-hybridized carbons (Fsp3) is 0.938. The largest absolute Gasteiger partial charge is 0.343 e. The zero-order valence-electron chi connectivity index (χ0n) is 13.3. The third-order valence-corrected chi connectivity index (χ3v) is 4.31. The highest BCUT2D eigenvalue weighted by Crippen LogP contribution is 2.24. The van der Waals surface area contributed by atoms with Crippen molar-refractivity contribution in [1.29, 1.82) is 0 Å². The Balaban J connectivity index is 2.25. The molecule has 3 nitrogen and oxygen atoms in total. The molecule has 0 saturated carbocycles. The molecule has 1 amide bonds. The van der Waals surface area contributed by atoms with Gasteiger partial charge in [-0.15, -0.1) is 0 Å². The van der Waals surface area contributed by atoms with Gasteiger partial charge in [-0.25, -0.2) is 0 Å². The smallest absolute Gasteiger partial charge is 0.223 e. The van der Waals surface area contributed by atoms with Gasteiger partial charge in [0.25, 0.3) is 0 Å². The number of piperidine rings is 1. The van der Waals surface area contributed by atoms with Gasteiger partial charge in [0, 0.05) is 26.1 Å². The van der Waals surface area contributed by atoms with E-state index in [4.69, 9.17) is 0 Å². The van der Waals surface area contributed by atoms with Gasteiger partial charge >= 0.3 is 0 Å². The second-order valence-corrected chi connectivity index (χ2v) is 6.23. The summed E-state index contributed by atoms with van der Waals surface area (Å²) in [6, 6.07) is 0. The van der Waals surface area contributed by atoms with Crippen LogP contribution in [-0.4, -0.2) is 48.4 Å². The number of nitrogens with zero attached hydrogens (tertiary/aromatic N) is 2. The number of carbonyl (C=O) groups excluding carboxylic acids is 1. The van der Waals surface area contributed by atoms with Crippen LogP contribution in [0, 0.1) is 11.8 Å². The lowest BCUT2D eigenvalue weighted by molar-refractivity contribution is -0.133. The maximum absolute atomic E-state index is 12.2. The number of amides is 1. The van der Waals surface area contributed by atoms with E-state index >= 15 is 0 Å². The van der Waals surface area contributed by atoms with Crippen LogP contribution in [0.3, 0.4) is 0 Å². The molecule has 0 atom stereocenters. The third kappa shape index (κ3) is 5.94. The first-order valence-corrected chi connectivity index (χ1v) is 8.06. The first kappa shape index (κ1) is 16.5. The van der Waals surface area contributed by atoms with Crippen molar-refractivity contribution in [3.63, 3.8) is 0 Å². The van der Waals surface area contributed by atoms with Crippen molar-refractivity contribution in [2.45, 2.75) is 53.4 Å². The predicted octanol–water partition coefficient (Wildman–Crippen LogP) is 3.00. The van der Waals surface area contributed by atoms with E-state index in [9.17, 15) is 4.79 Å². The summed E-state index contributed by atoms with van der Waals surface area (Å²) in [5.41, 5.74) is 0. The lowest BCUT2D eigenvalue weighted by atomic mass is 9.88. The molecule has 1 saturated heterocycles. The number of hydrogen-bond acceptors (Lipinski definition) is 2. The van der Waals surface area contributed by atoms with Crippen LogP contribution in [0.4, 0.5) is 0 Å². The van der Waals surface area contributed by atoms with Gasteiger partial charge in [0.1, 0.15) is 0 Å². The van der Waals surface area contributed by atoms with Gasteiger partial charge in [-0.05, 0) is 44.2 Å². The van der Waals surface area contributed by atoms with Crippen molar-refractivity contribution in [2.75, 3.05) is 32.7 Å². The van der Waals surface area contributed by atoms with E-state index in [-0.39, 0.29) is 0 Å². The fourth-order valence-corrected chi connectivity index (χ4v) is 3.04. The summed E-state index contributed by atoms with van der Waals surface area (Å²) in [6.45, 7) is 13.9. The zero-order valence-corrected chi connectivity index (χ0v) is 13.3. The quantitative estimate of drug-likeness (QED) is 0.708. The Bertz CT molecular complexity index is 253. The summed E-state index contributed by atoms with van der Waals surface area (Å²) < 4.78 is 0. The third-order valence-electron chi connectivity index (χ3n) is 4.31. The average molecular weight is 268 g/mol. The highest BCUT2D eigenvalue weighted by Gasteiger charge is 2.23. The summed E-state index contributed by atoms with van der Waals surface area (Å²) in [4.78, 5) is 16.6. The fourth-order valence-electron chi connectivity index (χ4n) is 3.04. The Morgan fingerprint density at radius 1 is 1.21 bits per heavy atom. The van der Waals surface area contributed by atoms with Gasteiger partial charge < -0.3 is 9.80 Å². The summed E-state index contributed by atoms with van der Waals surface area (Å²) in [7, 11) is 0. The molecule has 1 aliphatic heterocycles. The van der Waals surface area contributed by atoms with Crippen LogP contribution in [0.5, 0.6) is 0 Å². The molecule has 0 unspecified atom stereocenters. The van der Waals surface area contributed by atoms with Crippen molar-refractivity contribution in [1.82, 2.24) is 9.80 Å². The van der Waals surface area contributed by atoms with E-state index in [1.54, 1.807) is 0 Å². The Hall–Kier alpha value is -0.570. The standard InChI is InChI=1S/C16H32N2O/c1-5-17(6-2)10-9-16(19)18-11-7-15(8-12-18)13-14(3)4/h14-15H,5-13H2,1-4H3. The number of rotatable bonds is 7. The Labute approximate surface area is 119 Å². The molecule has 3 heteroatoms. The van der Waals surface area contributed by atoms with E-state index in [1.165, 1.54) is 19.3 Å². The number of likely N-dealkylation sites (tertiary alicyclic amines) is 1. The number of hydrogen-bond donors (Lipinski definition) is 0. The summed E-state index contributed by atoms with van der Waals surface area (Å²) in [6.07, 6.45) is 4.42. The SMILES string of the molecule is CCN(CC)CCC(=O)N1CCC(CC(C)C)CC1. The van der Waals surface area contributed by atoms with Crippen LogP contribution in [0.2, 0.25) is 0 Å². The molecule has 0 bridgehead atoms. The van der Waals surface area contributed by atoms with Gasteiger partial charge in [-0.3, -0.25) is 4.79 Å². The van der Waals surface area contributed by atoms with Crippen molar-refractivity contribution >= 4 is 5.91 Å². The topological polar surface area (TPSA) is 23.6 Å². The highest BCUT2D eigenvalue weighted by molar-refractivity contribution is 5.76. The minimum Gasteiger partial charge on any atom is -0.343 e. The van der Waals surface area contributed by atoms with Gasteiger partial charge in [0.15, 0.2) is 0 Å². The second-order valence-electron chi connectivity index (χ2n) is 6.23. The van der Waals surface area contributed by atoms with Crippen molar-refractivity contribution < 1.29 is 4.79 Å². The van der Waals surface area contributed by atoms with E-state index in [0.717, 1.165) is 44.6 Å². The van der Waals surface area contributed by atoms with Crippen LogP contribution in [-0.2, 0) is 4.79 Å². The lowest BCUT2D eigenvalue weighted by Crippen LogP contribution is -2.40. The molecule has 19 heavy (non-hydrogen) atoms. The van der Waals surface area contributed by atoms with E-state index in [2.05, 4.69) is 37.5 Å². The van der Waals surface area contributed by atoms with E-state index in [1.807, 2.05) is 0 Å². The van der Waals surface area contributed by atoms with Crippen molar-refractivity contribution in [3.8, 4) is 0 Å². The van der Waals surface area contributed by atoms with Crippen molar-refractivity contribution in [3.05, 3.63) is 0 Å². The predicted molar refractivity (Wildman–Crippen MR) is 81.2 cm³/mol. The maximum atomic E-state index is 12.2. The van der Waals surface area contributed by atoms with Crippen LogP contribution >= 0.6 is 0 Å². The maximum Gasteiger partial charge on any atom is 0.223 e. The normalized spacial score (nSPS) is 17.5. The molecule has 0 radical (unpaired) electrons. The van der Waals surface area contributed by atoms with E-state index in [0.29, 0.717) is 12.3 Å². The minimum absolute atomic E-state index is 0.356. The first-order valence-electron chi connectivity index (χ1n) is 8.06. The van der Waals surface area contributed by atoms with E-state index < -0.39 is 0 Å². The Morgan fingerprint density at radius 2 is 1.79 bits per heavy atom.